The summed E-state index contributed by atoms with van der Waals surface area (Å²) >= 11 is 4.92. The molecule has 0 saturated heterocycles. The van der Waals surface area contributed by atoms with E-state index in [4.69, 9.17) is 5.73 Å². The summed E-state index contributed by atoms with van der Waals surface area (Å²) in [4.78, 5) is 0. The molecule has 0 bridgehead atoms. The Morgan fingerprint density at radius 3 is 2.50 bits per heavy atom. The fraction of sp³-hybridized carbons (Fsp3) is 0. The zero-order valence-electron chi connectivity index (χ0n) is 8.98. The van der Waals surface area contributed by atoms with Crippen molar-refractivity contribution in [3.8, 4) is 0 Å². The van der Waals surface area contributed by atoms with E-state index in [1.165, 1.54) is 18.2 Å². The van der Waals surface area contributed by atoms with Gasteiger partial charge in [0.25, 0.3) is 0 Å². The van der Waals surface area contributed by atoms with Crippen molar-refractivity contribution in [1.82, 2.24) is 0 Å². The van der Waals surface area contributed by atoms with Gasteiger partial charge in [0.15, 0.2) is 0 Å². The molecule has 2 aromatic carbocycles. The van der Waals surface area contributed by atoms with Crippen LogP contribution in [0.4, 0.5) is 25.8 Å². The first-order valence-corrected chi connectivity index (χ1v) is 6.81. The Morgan fingerprint density at radius 1 is 1.11 bits per heavy atom. The molecule has 0 heterocycles. The minimum Gasteiger partial charge on any atom is -0.397 e. The highest BCUT2D eigenvalue weighted by Gasteiger charge is 2.07. The van der Waals surface area contributed by atoms with Crippen molar-refractivity contribution in [3.63, 3.8) is 0 Å². The molecule has 0 aliphatic rings. The van der Waals surface area contributed by atoms with Crippen LogP contribution in [0.5, 0.6) is 0 Å². The van der Waals surface area contributed by atoms with Gasteiger partial charge in [-0.15, -0.1) is 0 Å². The van der Waals surface area contributed by atoms with Crippen LogP contribution in [0.2, 0.25) is 0 Å². The third-order valence-electron chi connectivity index (χ3n) is 2.29. The van der Waals surface area contributed by atoms with Gasteiger partial charge < -0.3 is 11.1 Å². The second kappa shape index (κ2) is 5.40. The summed E-state index contributed by atoms with van der Waals surface area (Å²) in [5, 5.41) is 2.88. The van der Waals surface area contributed by atoms with E-state index < -0.39 is 5.82 Å². The molecule has 0 amide bonds. The molecule has 94 valence electrons. The van der Waals surface area contributed by atoms with Gasteiger partial charge in [-0.1, -0.05) is 0 Å². The van der Waals surface area contributed by atoms with Crippen molar-refractivity contribution in [3.05, 3.63) is 50.0 Å². The van der Waals surface area contributed by atoms with E-state index in [2.05, 4.69) is 21.2 Å². The van der Waals surface area contributed by atoms with Gasteiger partial charge in [0.1, 0.15) is 11.6 Å². The van der Waals surface area contributed by atoms with E-state index in [1.54, 1.807) is 12.1 Å². The first-order chi connectivity index (χ1) is 8.47. The Labute approximate surface area is 125 Å². The second-order valence-electron chi connectivity index (χ2n) is 3.61. The number of hydrogen-bond acceptors (Lipinski definition) is 2. The van der Waals surface area contributed by atoms with Gasteiger partial charge >= 0.3 is 0 Å². The van der Waals surface area contributed by atoms with Gasteiger partial charge in [0.2, 0.25) is 0 Å². The first-order valence-electron chi connectivity index (χ1n) is 4.94. The third kappa shape index (κ3) is 2.92. The molecule has 0 fully saturated rings. The molecule has 18 heavy (non-hydrogen) atoms. The minimum atomic E-state index is -0.399. The van der Waals surface area contributed by atoms with Crippen molar-refractivity contribution in [2.75, 3.05) is 11.1 Å². The number of anilines is 3. The Kier molecular flexibility index (Phi) is 4.06. The maximum Gasteiger partial charge on any atom is 0.139 e. The summed E-state index contributed by atoms with van der Waals surface area (Å²) in [6, 6.07) is 7.35. The van der Waals surface area contributed by atoms with Gasteiger partial charge in [0, 0.05) is 11.8 Å². The molecule has 0 atom stereocenters. The molecule has 3 N–H and O–H groups in total. The highest BCUT2D eigenvalue weighted by Crippen LogP contribution is 2.28. The monoisotopic (exact) mass is 424 g/mol. The summed E-state index contributed by atoms with van der Waals surface area (Å²) in [6.45, 7) is 0. The molecule has 6 heteroatoms. The molecule has 2 aromatic rings. The molecule has 0 saturated carbocycles. The molecule has 0 aliphatic heterocycles. The number of benzene rings is 2. The lowest BCUT2D eigenvalue weighted by Crippen LogP contribution is -1.99. The van der Waals surface area contributed by atoms with Gasteiger partial charge in [-0.2, -0.15) is 0 Å². The summed E-state index contributed by atoms with van der Waals surface area (Å²) in [6.07, 6.45) is 0. The van der Waals surface area contributed by atoms with Crippen molar-refractivity contribution < 1.29 is 8.78 Å². The van der Waals surface area contributed by atoms with Crippen molar-refractivity contribution >= 4 is 55.6 Å². The van der Waals surface area contributed by atoms with Crippen molar-refractivity contribution in [2.45, 2.75) is 0 Å². The van der Waals surface area contributed by atoms with E-state index in [0.717, 1.165) is 0 Å². The van der Waals surface area contributed by atoms with Crippen LogP contribution in [-0.2, 0) is 0 Å². The summed E-state index contributed by atoms with van der Waals surface area (Å²) < 4.78 is 27.6. The third-order valence-corrected chi connectivity index (χ3v) is 3.76. The fourth-order valence-corrected chi connectivity index (χ4v) is 2.14. The SMILES string of the molecule is Nc1cc(I)c(F)cc1Nc1ccc(Br)c(F)c1. The predicted molar refractivity (Wildman–Crippen MR) is 80.9 cm³/mol. The van der Waals surface area contributed by atoms with Crippen LogP contribution in [0, 0.1) is 15.2 Å². The number of hydrogen-bond donors (Lipinski definition) is 2. The second-order valence-corrected chi connectivity index (χ2v) is 5.62. The first kappa shape index (κ1) is 13.5. The van der Waals surface area contributed by atoms with Crippen LogP contribution in [0.3, 0.4) is 0 Å². The lowest BCUT2D eigenvalue weighted by atomic mass is 10.2. The number of nitrogens with two attached hydrogens (primary N) is 1. The fourth-order valence-electron chi connectivity index (χ4n) is 1.40. The average molecular weight is 425 g/mol. The lowest BCUT2D eigenvalue weighted by molar-refractivity contribution is 0.621. The van der Waals surface area contributed by atoms with Crippen LogP contribution in [0.1, 0.15) is 0 Å². The van der Waals surface area contributed by atoms with Crippen LogP contribution in [-0.4, -0.2) is 0 Å². The molecule has 2 rings (SSSR count). The average Bonchev–Trinajstić information content (AvgIpc) is 2.31. The van der Waals surface area contributed by atoms with E-state index in [9.17, 15) is 8.78 Å². The molecular formula is C12H8BrF2IN2. The summed E-state index contributed by atoms with van der Waals surface area (Å²) in [7, 11) is 0. The molecule has 0 aromatic heterocycles. The topological polar surface area (TPSA) is 38.0 Å². The van der Waals surface area contributed by atoms with Gasteiger partial charge in [-0.3, -0.25) is 0 Å². The molecule has 2 nitrogen and oxygen atoms in total. The number of nitrogen functional groups attached to an aromatic ring is 1. The normalized spacial score (nSPS) is 10.4. The quantitative estimate of drug-likeness (QED) is 0.543. The van der Waals surface area contributed by atoms with Gasteiger partial charge in [-0.05, 0) is 62.8 Å². The minimum absolute atomic E-state index is 0.370. The highest BCUT2D eigenvalue weighted by molar-refractivity contribution is 14.1. The Balaban J connectivity index is 2.34. The predicted octanol–water partition coefficient (Wildman–Crippen LogP) is 4.66. The van der Waals surface area contributed by atoms with E-state index >= 15 is 0 Å². The summed E-state index contributed by atoms with van der Waals surface area (Å²) in [5.41, 5.74) is 7.09. The molecule has 0 spiro atoms. The van der Waals surface area contributed by atoms with E-state index in [0.29, 0.717) is 25.1 Å². The Hall–Kier alpha value is -0.890. The zero-order valence-corrected chi connectivity index (χ0v) is 12.7. The van der Waals surface area contributed by atoms with Gasteiger partial charge in [-0.25, -0.2) is 8.78 Å². The largest absolute Gasteiger partial charge is 0.397 e. The Bertz CT molecular complexity index is 605. The number of halogens is 4. The van der Waals surface area contributed by atoms with Crippen molar-refractivity contribution in [2.24, 2.45) is 0 Å². The smallest absolute Gasteiger partial charge is 0.139 e. The van der Waals surface area contributed by atoms with E-state index in [-0.39, 0.29) is 5.82 Å². The maximum absolute atomic E-state index is 13.4. The molecule has 0 radical (unpaired) electrons. The van der Waals surface area contributed by atoms with Crippen LogP contribution in [0.25, 0.3) is 0 Å². The standard InChI is InChI=1S/C12H8BrF2IN2/c13-7-2-1-6(3-8(7)14)18-12-4-9(15)10(16)5-11(12)17/h1-5,18H,17H2. The maximum atomic E-state index is 13.4. The molecular weight excluding hydrogens is 417 g/mol. The van der Waals surface area contributed by atoms with Crippen molar-refractivity contribution in [1.29, 1.82) is 0 Å². The Morgan fingerprint density at radius 2 is 1.83 bits per heavy atom. The van der Waals surface area contributed by atoms with Crippen LogP contribution >= 0.6 is 38.5 Å². The van der Waals surface area contributed by atoms with Crippen LogP contribution in [0.15, 0.2) is 34.8 Å². The zero-order chi connectivity index (χ0) is 13.3. The number of nitrogens with one attached hydrogen (secondary N) is 1. The molecule has 0 unspecified atom stereocenters. The van der Waals surface area contributed by atoms with Crippen LogP contribution < -0.4 is 11.1 Å². The van der Waals surface area contributed by atoms with Gasteiger partial charge in [0.05, 0.1) is 19.4 Å². The van der Waals surface area contributed by atoms with E-state index in [1.807, 2.05) is 22.6 Å². The molecule has 0 aliphatic carbocycles. The lowest BCUT2D eigenvalue weighted by Gasteiger charge is -2.10. The number of rotatable bonds is 2. The highest BCUT2D eigenvalue weighted by atomic mass is 127. The summed E-state index contributed by atoms with van der Waals surface area (Å²) in [5.74, 6) is -0.769.